The molecule has 140 valence electrons. The third-order valence-corrected chi connectivity index (χ3v) is 4.67. The molecule has 27 heavy (non-hydrogen) atoms. The Bertz CT molecular complexity index is 868. The average Bonchev–Trinajstić information content (AvgIpc) is 3.00. The Morgan fingerprint density at radius 2 is 1.96 bits per heavy atom. The first kappa shape index (κ1) is 18.8. The molecule has 1 N–H and O–H groups in total. The summed E-state index contributed by atoms with van der Waals surface area (Å²) in [5, 5.41) is 1.89. The van der Waals surface area contributed by atoms with Gasteiger partial charge in [-0.1, -0.05) is 12.1 Å². The van der Waals surface area contributed by atoms with Crippen LogP contribution < -0.4 is 19.7 Å². The molecule has 0 bridgehead atoms. The largest absolute Gasteiger partial charge is 0.497 e. The van der Waals surface area contributed by atoms with Crippen molar-refractivity contribution in [3.05, 3.63) is 53.1 Å². The van der Waals surface area contributed by atoms with Crippen LogP contribution in [-0.2, 0) is 4.79 Å². The average molecular weight is 385 g/mol. The van der Waals surface area contributed by atoms with Crippen LogP contribution in [0.25, 0.3) is 6.08 Å². The van der Waals surface area contributed by atoms with Gasteiger partial charge in [-0.25, -0.2) is 4.98 Å². The number of nitrogens with one attached hydrogen (secondary N) is 1. The number of benzene rings is 1. The van der Waals surface area contributed by atoms with Gasteiger partial charge in [0.25, 0.3) is 11.1 Å². The zero-order valence-corrected chi connectivity index (χ0v) is 15.8. The molecule has 1 saturated heterocycles. The Morgan fingerprint density at radius 1 is 1.19 bits per heavy atom. The van der Waals surface area contributed by atoms with Crippen LogP contribution in [-0.4, -0.2) is 43.4 Å². The van der Waals surface area contributed by atoms with E-state index in [9.17, 15) is 9.59 Å². The lowest BCUT2D eigenvalue weighted by molar-refractivity contribution is -0.115. The molecule has 0 atom stereocenters. The molecule has 7 nitrogen and oxygen atoms in total. The number of aromatic nitrogens is 1. The minimum absolute atomic E-state index is 0.346. The van der Waals surface area contributed by atoms with Crippen molar-refractivity contribution in [1.82, 2.24) is 10.3 Å². The molecule has 0 spiro atoms. The fraction of sp³-hybridized carbons (Fsp3) is 0.211. The van der Waals surface area contributed by atoms with Crippen LogP contribution in [0.1, 0.15) is 5.56 Å². The summed E-state index contributed by atoms with van der Waals surface area (Å²) in [6, 6.07) is 11.0. The van der Waals surface area contributed by atoms with Gasteiger partial charge in [0.15, 0.2) is 0 Å². The number of imide groups is 1. The second kappa shape index (κ2) is 8.59. The van der Waals surface area contributed by atoms with Crippen LogP contribution in [0.4, 0.5) is 10.6 Å². The number of anilines is 1. The van der Waals surface area contributed by atoms with Crippen LogP contribution in [0.5, 0.6) is 11.5 Å². The molecular weight excluding hydrogens is 366 g/mol. The Morgan fingerprint density at radius 3 is 2.63 bits per heavy atom. The topological polar surface area (TPSA) is 80.8 Å². The summed E-state index contributed by atoms with van der Waals surface area (Å²) in [5.41, 5.74) is 0.826. The normalized spacial score (nSPS) is 15.0. The van der Waals surface area contributed by atoms with Crippen molar-refractivity contribution in [1.29, 1.82) is 0 Å². The fourth-order valence-corrected chi connectivity index (χ4v) is 3.07. The number of likely N-dealkylation sites (N-methyl/N-ethyl adjacent to an activating group) is 1. The molecule has 2 amide bonds. The van der Waals surface area contributed by atoms with Gasteiger partial charge >= 0.3 is 0 Å². The molecule has 2 aromatic rings. The van der Waals surface area contributed by atoms with Gasteiger partial charge in [0, 0.05) is 19.3 Å². The number of ether oxygens (including phenoxy) is 2. The van der Waals surface area contributed by atoms with E-state index in [0.717, 1.165) is 34.6 Å². The van der Waals surface area contributed by atoms with Crippen LogP contribution in [0, 0.1) is 0 Å². The fourth-order valence-electron chi connectivity index (χ4n) is 2.38. The molecule has 1 aliphatic rings. The molecule has 1 fully saturated rings. The van der Waals surface area contributed by atoms with E-state index in [1.165, 1.54) is 0 Å². The number of nitrogens with zero attached hydrogens (tertiary/aromatic N) is 2. The van der Waals surface area contributed by atoms with Crippen molar-refractivity contribution < 1.29 is 19.1 Å². The lowest BCUT2D eigenvalue weighted by atomic mass is 10.2. The zero-order chi connectivity index (χ0) is 19.2. The van der Waals surface area contributed by atoms with E-state index in [-0.39, 0.29) is 11.1 Å². The monoisotopic (exact) mass is 385 g/mol. The van der Waals surface area contributed by atoms with E-state index in [4.69, 9.17) is 9.47 Å². The third kappa shape index (κ3) is 5.01. The van der Waals surface area contributed by atoms with Gasteiger partial charge in [0.1, 0.15) is 23.9 Å². The van der Waals surface area contributed by atoms with Gasteiger partial charge < -0.3 is 14.4 Å². The van der Waals surface area contributed by atoms with Crippen LogP contribution in [0.3, 0.4) is 0 Å². The smallest absolute Gasteiger partial charge is 0.290 e. The summed E-state index contributed by atoms with van der Waals surface area (Å²) >= 11 is 0.900. The first-order chi connectivity index (χ1) is 13.0. The third-order valence-electron chi connectivity index (χ3n) is 3.86. The second-order valence-electron chi connectivity index (χ2n) is 5.75. The maximum atomic E-state index is 11.6. The van der Waals surface area contributed by atoms with E-state index in [2.05, 4.69) is 10.3 Å². The summed E-state index contributed by atoms with van der Waals surface area (Å²) in [5.74, 6) is 1.93. The lowest BCUT2D eigenvalue weighted by Gasteiger charge is -2.18. The minimum atomic E-state index is -0.362. The van der Waals surface area contributed by atoms with Crippen molar-refractivity contribution in [2.45, 2.75) is 0 Å². The van der Waals surface area contributed by atoms with Crippen molar-refractivity contribution in [2.24, 2.45) is 0 Å². The van der Waals surface area contributed by atoms with E-state index in [1.807, 2.05) is 42.3 Å². The van der Waals surface area contributed by atoms with Crippen LogP contribution in [0.15, 0.2) is 47.5 Å². The summed E-state index contributed by atoms with van der Waals surface area (Å²) in [7, 11) is 3.56. The van der Waals surface area contributed by atoms with Gasteiger partial charge in [-0.3, -0.25) is 14.9 Å². The number of pyridine rings is 1. The first-order valence-corrected chi connectivity index (χ1v) is 9.06. The van der Waals surface area contributed by atoms with Crippen molar-refractivity contribution in [2.75, 3.05) is 32.2 Å². The molecule has 0 aliphatic carbocycles. The van der Waals surface area contributed by atoms with Gasteiger partial charge in [-0.15, -0.1) is 0 Å². The molecule has 1 aliphatic heterocycles. The highest BCUT2D eigenvalue weighted by molar-refractivity contribution is 8.18. The van der Waals surface area contributed by atoms with Crippen molar-refractivity contribution in [3.8, 4) is 11.5 Å². The summed E-state index contributed by atoms with van der Waals surface area (Å²) in [4.78, 5) is 29.4. The Hall–Kier alpha value is -3.00. The Kier molecular flexibility index (Phi) is 5.97. The highest BCUT2D eigenvalue weighted by Crippen LogP contribution is 2.26. The molecule has 3 rings (SSSR count). The quantitative estimate of drug-likeness (QED) is 0.734. The maximum Gasteiger partial charge on any atom is 0.290 e. The molecule has 1 aromatic carbocycles. The number of thioether (sulfide) groups is 1. The predicted molar refractivity (Wildman–Crippen MR) is 105 cm³/mol. The summed E-state index contributed by atoms with van der Waals surface area (Å²) in [6.07, 6.45) is 3.38. The van der Waals surface area contributed by atoms with Crippen molar-refractivity contribution in [3.63, 3.8) is 0 Å². The molecule has 1 aromatic heterocycles. The van der Waals surface area contributed by atoms with E-state index in [1.54, 1.807) is 25.4 Å². The standard InChI is InChI=1S/C19H19N3O4S/c1-22(17-12-15(25-2)7-8-20-17)9-10-26-14-5-3-13(4-6-14)11-16-18(23)21-19(24)27-16/h3-8,11-12H,9-10H2,1-2H3,(H,21,23,24)/b16-11-. The number of rotatable bonds is 7. The molecule has 0 unspecified atom stereocenters. The number of carbonyl (C=O) groups is 2. The van der Waals surface area contributed by atoms with Gasteiger partial charge in [0.05, 0.1) is 18.6 Å². The van der Waals surface area contributed by atoms with Crippen LogP contribution >= 0.6 is 11.8 Å². The first-order valence-electron chi connectivity index (χ1n) is 8.24. The zero-order valence-electron chi connectivity index (χ0n) is 15.0. The summed E-state index contributed by atoms with van der Waals surface area (Å²) in [6.45, 7) is 1.15. The maximum absolute atomic E-state index is 11.6. The number of hydrogen-bond acceptors (Lipinski definition) is 7. The predicted octanol–water partition coefficient (Wildman–Crippen LogP) is 2.93. The van der Waals surface area contributed by atoms with Crippen molar-refractivity contribution >= 4 is 34.8 Å². The van der Waals surface area contributed by atoms with Crippen LogP contribution in [0.2, 0.25) is 0 Å². The number of methoxy groups -OCH3 is 1. The summed E-state index contributed by atoms with van der Waals surface area (Å²) < 4.78 is 11.0. The van der Waals surface area contributed by atoms with Gasteiger partial charge in [-0.2, -0.15) is 0 Å². The minimum Gasteiger partial charge on any atom is -0.497 e. The number of carbonyl (C=O) groups excluding carboxylic acids is 2. The highest BCUT2D eigenvalue weighted by Gasteiger charge is 2.24. The van der Waals surface area contributed by atoms with E-state index >= 15 is 0 Å². The Balaban J connectivity index is 1.52. The molecular formula is C19H19N3O4S. The molecule has 0 radical (unpaired) electrons. The van der Waals surface area contributed by atoms with Gasteiger partial charge in [-0.05, 0) is 41.6 Å². The van der Waals surface area contributed by atoms with E-state index in [0.29, 0.717) is 18.1 Å². The van der Waals surface area contributed by atoms with Gasteiger partial charge in [0.2, 0.25) is 0 Å². The number of amides is 2. The van der Waals surface area contributed by atoms with E-state index < -0.39 is 0 Å². The molecule has 8 heteroatoms. The molecule has 2 heterocycles. The Labute approximate surface area is 161 Å². The second-order valence-corrected chi connectivity index (χ2v) is 6.76. The lowest BCUT2D eigenvalue weighted by Crippen LogP contribution is -2.24. The number of hydrogen-bond donors (Lipinski definition) is 1. The molecule has 0 saturated carbocycles. The highest BCUT2D eigenvalue weighted by atomic mass is 32.2. The SMILES string of the molecule is COc1ccnc(N(C)CCOc2ccc(/C=C3\SC(=O)NC3=O)cc2)c1.